The topological polar surface area (TPSA) is 83.5 Å². The lowest BCUT2D eigenvalue weighted by Crippen LogP contribution is -2.38. The van der Waals surface area contributed by atoms with Crippen LogP contribution in [0.25, 0.3) is 0 Å². The minimum Gasteiger partial charge on any atom is -0.480 e. The summed E-state index contributed by atoms with van der Waals surface area (Å²) in [5.74, 6) is -1.89. The van der Waals surface area contributed by atoms with Crippen molar-refractivity contribution >= 4 is 31.9 Å². The third-order valence-corrected chi connectivity index (χ3v) is 4.40. The van der Waals surface area contributed by atoms with E-state index in [1.54, 1.807) is 0 Å². The summed E-state index contributed by atoms with van der Waals surface area (Å²) >= 11 is 2.90. The maximum atomic E-state index is 12.8. The molecule has 1 rings (SSSR count). The number of carboxylic acids is 1. The molecule has 0 aliphatic rings. The van der Waals surface area contributed by atoms with E-state index in [-0.39, 0.29) is 9.37 Å². The highest BCUT2D eigenvalue weighted by Crippen LogP contribution is 2.22. The van der Waals surface area contributed by atoms with Crippen LogP contribution in [0, 0.1) is 5.82 Å². The third kappa shape index (κ3) is 3.48. The molecule has 0 aromatic heterocycles. The Morgan fingerprint density at radius 2 is 2.12 bits per heavy atom. The molecule has 94 valence electrons. The summed E-state index contributed by atoms with van der Waals surface area (Å²) in [7, 11) is -4.00. The van der Waals surface area contributed by atoms with Crippen LogP contribution in [-0.2, 0) is 14.8 Å². The molecule has 0 saturated carbocycles. The summed E-state index contributed by atoms with van der Waals surface area (Å²) < 4.78 is 38.3. The van der Waals surface area contributed by atoms with Crippen molar-refractivity contribution in [3.63, 3.8) is 0 Å². The maximum absolute atomic E-state index is 12.8. The second-order valence-corrected chi connectivity index (χ2v) is 5.79. The van der Waals surface area contributed by atoms with E-state index in [1.165, 1.54) is 6.92 Å². The van der Waals surface area contributed by atoms with Crippen LogP contribution in [0.4, 0.5) is 4.39 Å². The van der Waals surface area contributed by atoms with E-state index in [0.29, 0.717) is 0 Å². The van der Waals surface area contributed by atoms with Crippen molar-refractivity contribution in [3.8, 4) is 0 Å². The molecular weight excluding hydrogens is 317 g/mol. The lowest BCUT2D eigenvalue weighted by molar-refractivity contribution is -0.138. The Hall–Kier alpha value is -0.990. The molecule has 17 heavy (non-hydrogen) atoms. The van der Waals surface area contributed by atoms with Crippen LogP contribution < -0.4 is 4.72 Å². The van der Waals surface area contributed by atoms with Crippen LogP contribution in [-0.4, -0.2) is 25.5 Å². The summed E-state index contributed by atoms with van der Waals surface area (Å²) in [4.78, 5) is 10.3. The Labute approximate surface area is 106 Å². The number of aliphatic carboxylic acids is 1. The van der Waals surface area contributed by atoms with Crippen LogP contribution in [0.1, 0.15) is 6.92 Å². The van der Waals surface area contributed by atoms with Crippen LogP contribution in [0.3, 0.4) is 0 Å². The Kier molecular flexibility index (Phi) is 4.23. The van der Waals surface area contributed by atoms with E-state index in [9.17, 15) is 17.6 Å². The van der Waals surface area contributed by atoms with Gasteiger partial charge < -0.3 is 5.11 Å². The maximum Gasteiger partial charge on any atom is 0.321 e. The highest BCUT2D eigenvalue weighted by molar-refractivity contribution is 9.10. The molecule has 5 nitrogen and oxygen atoms in total. The predicted octanol–water partition coefficient (Wildman–Crippen LogP) is 1.34. The Morgan fingerprint density at radius 1 is 1.53 bits per heavy atom. The second kappa shape index (κ2) is 5.11. The minimum absolute atomic E-state index is 0.0302. The Bertz CT molecular complexity index is 546. The molecule has 0 spiro atoms. The number of halogens is 2. The quantitative estimate of drug-likeness (QED) is 0.875. The lowest BCUT2D eigenvalue weighted by Gasteiger charge is -2.11. The first-order chi connectivity index (χ1) is 7.74. The second-order valence-electron chi connectivity index (χ2n) is 3.26. The van der Waals surface area contributed by atoms with E-state index in [1.807, 2.05) is 4.72 Å². The molecule has 2 N–H and O–H groups in total. The van der Waals surface area contributed by atoms with E-state index in [4.69, 9.17) is 5.11 Å². The summed E-state index contributed by atoms with van der Waals surface area (Å²) in [6, 6.07) is 1.75. The van der Waals surface area contributed by atoms with Gasteiger partial charge in [0.2, 0.25) is 10.0 Å². The summed E-state index contributed by atoms with van der Waals surface area (Å²) in [6.07, 6.45) is 0. The average Bonchev–Trinajstić information content (AvgIpc) is 2.15. The van der Waals surface area contributed by atoms with Gasteiger partial charge in [0, 0.05) is 4.47 Å². The van der Waals surface area contributed by atoms with Crippen molar-refractivity contribution < 1.29 is 22.7 Å². The molecule has 0 aliphatic heterocycles. The van der Waals surface area contributed by atoms with Crippen molar-refractivity contribution in [1.29, 1.82) is 0 Å². The van der Waals surface area contributed by atoms with Gasteiger partial charge in [-0.05, 0) is 41.1 Å². The summed E-state index contributed by atoms with van der Waals surface area (Å²) in [6.45, 7) is 1.19. The van der Waals surface area contributed by atoms with Gasteiger partial charge in [0.05, 0.1) is 4.90 Å². The fourth-order valence-corrected chi connectivity index (χ4v) is 3.29. The number of carboxylic acid groups (broad SMARTS) is 1. The van der Waals surface area contributed by atoms with Crippen LogP contribution >= 0.6 is 15.9 Å². The zero-order valence-electron chi connectivity index (χ0n) is 8.65. The van der Waals surface area contributed by atoms with Crippen molar-refractivity contribution in [1.82, 2.24) is 4.72 Å². The Balaban J connectivity index is 3.10. The first-order valence-corrected chi connectivity index (χ1v) is 6.72. The number of rotatable bonds is 4. The normalized spacial score (nSPS) is 13.4. The first-order valence-electron chi connectivity index (χ1n) is 4.44. The van der Waals surface area contributed by atoms with Crippen molar-refractivity contribution in [2.45, 2.75) is 17.9 Å². The number of sulfonamides is 1. The standard InChI is InChI=1S/C9H9BrFNO4S/c1-5(9(13)14)12-17(15,16)8-3-2-6(11)4-7(8)10/h2-5,12H,1H3,(H,13,14)/t5-/m0/s1. The number of carbonyl (C=O) groups is 1. The fraction of sp³-hybridized carbons (Fsp3) is 0.222. The highest BCUT2D eigenvalue weighted by atomic mass is 79.9. The van der Waals surface area contributed by atoms with Gasteiger partial charge in [-0.3, -0.25) is 4.79 Å². The molecule has 0 bridgehead atoms. The molecule has 1 aromatic carbocycles. The first kappa shape index (κ1) is 14.1. The Morgan fingerprint density at radius 3 is 2.59 bits per heavy atom. The van der Waals surface area contributed by atoms with E-state index < -0.39 is 27.9 Å². The molecule has 1 atom stereocenters. The van der Waals surface area contributed by atoms with Gasteiger partial charge >= 0.3 is 5.97 Å². The van der Waals surface area contributed by atoms with Gasteiger partial charge in [-0.2, -0.15) is 4.72 Å². The third-order valence-electron chi connectivity index (χ3n) is 1.89. The fourth-order valence-electron chi connectivity index (χ4n) is 1.04. The molecule has 0 radical (unpaired) electrons. The zero-order valence-corrected chi connectivity index (χ0v) is 11.0. The van der Waals surface area contributed by atoms with Crippen LogP contribution in [0.2, 0.25) is 0 Å². The van der Waals surface area contributed by atoms with Crippen molar-refractivity contribution in [2.75, 3.05) is 0 Å². The van der Waals surface area contributed by atoms with Crippen LogP contribution in [0.5, 0.6) is 0 Å². The molecule has 0 fully saturated rings. The smallest absolute Gasteiger partial charge is 0.321 e. The largest absolute Gasteiger partial charge is 0.480 e. The molecule has 0 aliphatic carbocycles. The molecular formula is C9H9BrFNO4S. The number of benzene rings is 1. The zero-order chi connectivity index (χ0) is 13.2. The summed E-state index contributed by atoms with van der Waals surface area (Å²) in [5, 5.41) is 8.61. The van der Waals surface area contributed by atoms with Crippen molar-refractivity contribution in [3.05, 3.63) is 28.5 Å². The number of nitrogens with one attached hydrogen (secondary N) is 1. The molecule has 0 unspecified atom stereocenters. The van der Waals surface area contributed by atoms with Gasteiger partial charge in [-0.25, -0.2) is 12.8 Å². The molecule has 0 saturated heterocycles. The van der Waals surface area contributed by atoms with Gasteiger partial charge in [0.15, 0.2) is 0 Å². The molecule has 0 heterocycles. The molecule has 8 heteroatoms. The number of hydrogen-bond donors (Lipinski definition) is 2. The van der Waals surface area contributed by atoms with E-state index >= 15 is 0 Å². The number of hydrogen-bond acceptors (Lipinski definition) is 3. The molecule has 1 aromatic rings. The van der Waals surface area contributed by atoms with Gasteiger partial charge in [0.1, 0.15) is 11.9 Å². The van der Waals surface area contributed by atoms with Crippen molar-refractivity contribution in [2.24, 2.45) is 0 Å². The molecule has 0 amide bonds. The van der Waals surface area contributed by atoms with E-state index in [2.05, 4.69) is 15.9 Å². The SMILES string of the molecule is C[C@H](NS(=O)(=O)c1ccc(F)cc1Br)C(=O)O. The van der Waals surface area contributed by atoms with Gasteiger partial charge in [0.25, 0.3) is 0 Å². The minimum atomic E-state index is -4.00. The highest BCUT2D eigenvalue weighted by Gasteiger charge is 2.23. The lowest BCUT2D eigenvalue weighted by atomic mass is 10.3. The van der Waals surface area contributed by atoms with Gasteiger partial charge in [-0.1, -0.05) is 0 Å². The average molecular weight is 326 g/mol. The summed E-state index contributed by atoms with van der Waals surface area (Å²) in [5.41, 5.74) is 0. The van der Waals surface area contributed by atoms with E-state index in [0.717, 1.165) is 18.2 Å². The predicted molar refractivity (Wildman–Crippen MR) is 61.5 cm³/mol. The van der Waals surface area contributed by atoms with Gasteiger partial charge in [-0.15, -0.1) is 0 Å². The van der Waals surface area contributed by atoms with Crippen LogP contribution in [0.15, 0.2) is 27.6 Å². The monoisotopic (exact) mass is 325 g/mol.